The lowest BCUT2D eigenvalue weighted by Crippen LogP contribution is -2.49. The second-order valence-electron chi connectivity index (χ2n) is 6.33. The summed E-state index contributed by atoms with van der Waals surface area (Å²) in [7, 11) is 0. The van der Waals surface area contributed by atoms with Gasteiger partial charge in [0.25, 0.3) is 0 Å². The molecule has 2 unspecified atom stereocenters. The summed E-state index contributed by atoms with van der Waals surface area (Å²) >= 11 is 1.94. The van der Waals surface area contributed by atoms with Gasteiger partial charge >= 0.3 is 0 Å². The van der Waals surface area contributed by atoms with Crippen LogP contribution in [-0.2, 0) is 17.6 Å². The largest absolute Gasteiger partial charge is 0.376 e. The summed E-state index contributed by atoms with van der Waals surface area (Å²) in [6.07, 6.45) is 2.42. The summed E-state index contributed by atoms with van der Waals surface area (Å²) in [5.74, 6) is 0. The van der Waals surface area contributed by atoms with Gasteiger partial charge in [0.15, 0.2) is 0 Å². The predicted molar refractivity (Wildman–Crippen MR) is 89.7 cm³/mol. The van der Waals surface area contributed by atoms with Gasteiger partial charge in [-0.3, -0.25) is 0 Å². The van der Waals surface area contributed by atoms with Gasteiger partial charge in [0.1, 0.15) is 0 Å². The van der Waals surface area contributed by atoms with Crippen LogP contribution >= 0.6 is 11.3 Å². The van der Waals surface area contributed by atoms with E-state index in [-0.39, 0.29) is 11.5 Å². The Morgan fingerprint density at radius 3 is 2.25 bits per heavy atom. The molecule has 1 N–H and O–H groups in total. The molecule has 0 saturated heterocycles. The van der Waals surface area contributed by atoms with Gasteiger partial charge in [0.05, 0.1) is 6.10 Å². The predicted octanol–water partition coefficient (Wildman–Crippen LogP) is 4.28. The molecule has 0 fully saturated rings. The number of hydrogen-bond acceptors (Lipinski definition) is 3. The normalized spacial score (nSPS) is 15.3. The Hall–Kier alpha value is -0.380. The highest BCUT2D eigenvalue weighted by molar-refractivity contribution is 7.11. The summed E-state index contributed by atoms with van der Waals surface area (Å²) in [6, 6.07) is 4.92. The first-order valence-corrected chi connectivity index (χ1v) is 8.66. The number of ether oxygens (including phenoxy) is 1. The molecule has 3 heteroatoms. The average molecular weight is 298 g/mol. The number of hydrogen-bond donors (Lipinski definition) is 1. The van der Waals surface area contributed by atoms with E-state index >= 15 is 0 Å². The second-order valence-corrected chi connectivity index (χ2v) is 7.58. The molecular weight excluding hydrogens is 266 g/mol. The first-order chi connectivity index (χ1) is 9.42. The summed E-state index contributed by atoms with van der Waals surface area (Å²) in [5, 5.41) is 3.63. The lowest BCUT2D eigenvalue weighted by molar-refractivity contribution is -0.0350. The van der Waals surface area contributed by atoms with E-state index in [1.165, 1.54) is 9.75 Å². The van der Waals surface area contributed by atoms with Crippen molar-refractivity contribution in [3.63, 3.8) is 0 Å². The van der Waals surface area contributed by atoms with Gasteiger partial charge in [-0.2, -0.15) is 0 Å². The zero-order valence-corrected chi connectivity index (χ0v) is 14.8. The van der Waals surface area contributed by atoms with Crippen LogP contribution in [0.3, 0.4) is 0 Å². The van der Waals surface area contributed by atoms with Gasteiger partial charge in [-0.1, -0.05) is 34.6 Å². The molecule has 0 aliphatic heterocycles. The topological polar surface area (TPSA) is 21.3 Å². The van der Waals surface area contributed by atoms with E-state index < -0.39 is 0 Å². The van der Waals surface area contributed by atoms with E-state index in [0.717, 1.165) is 26.0 Å². The Morgan fingerprint density at radius 2 is 1.80 bits per heavy atom. The third-order valence-electron chi connectivity index (χ3n) is 3.52. The maximum atomic E-state index is 6.07. The smallest absolute Gasteiger partial charge is 0.0779 e. The minimum Gasteiger partial charge on any atom is -0.376 e. The van der Waals surface area contributed by atoms with Crippen molar-refractivity contribution in [1.29, 1.82) is 0 Å². The van der Waals surface area contributed by atoms with E-state index in [0.29, 0.717) is 6.04 Å². The maximum absolute atomic E-state index is 6.07. The van der Waals surface area contributed by atoms with E-state index in [1.807, 2.05) is 11.3 Å². The fraction of sp³-hybridized carbons (Fsp3) is 0.765. The molecule has 0 amide bonds. The van der Waals surface area contributed by atoms with Gasteiger partial charge < -0.3 is 10.1 Å². The van der Waals surface area contributed by atoms with Crippen LogP contribution in [0.4, 0.5) is 0 Å². The Labute approximate surface area is 128 Å². The quantitative estimate of drug-likeness (QED) is 0.773. The zero-order chi connectivity index (χ0) is 15.2. The molecular formula is C17H31NOS. The Morgan fingerprint density at radius 1 is 1.15 bits per heavy atom. The molecule has 0 spiro atoms. The third kappa shape index (κ3) is 5.19. The van der Waals surface area contributed by atoms with Crippen LogP contribution in [0.25, 0.3) is 0 Å². The number of nitrogens with one attached hydrogen (secondary N) is 1. The van der Waals surface area contributed by atoms with Crippen molar-refractivity contribution in [2.45, 2.75) is 66.5 Å². The fourth-order valence-electron chi connectivity index (χ4n) is 2.64. The number of thiophene rings is 1. The van der Waals surface area contributed by atoms with Crippen LogP contribution in [0.5, 0.6) is 0 Å². The summed E-state index contributed by atoms with van der Waals surface area (Å²) in [5.41, 5.74) is 0.147. The second kappa shape index (κ2) is 8.16. The zero-order valence-electron chi connectivity index (χ0n) is 14.0. The summed E-state index contributed by atoms with van der Waals surface area (Å²) in [4.78, 5) is 2.93. The molecule has 1 aromatic rings. The molecule has 2 atom stereocenters. The first kappa shape index (κ1) is 17.7. The van der Waals surface area contributed by atoms with Crippen LogP contribution in [0, 0.1) is 5.41 Å². The highest BCUT2D eigenvalue weighted by Gasteiger charge is 2.32. The van der Waals surface area contributed by atoms with Crippen molar-refractivity contribution in [2.75, 3.05) is 13.2 Å². The molecule has 0 saturated carbocycles. The minimum absolute atomic E-state index is 0.147. The molecule has 0 aromatic carbocycles. The van der Waals surface area contributed by atoms with Crippen LogP contribution in [0.2, 0.25) is 0 Å². The van der Waals surface area contributed by atoms with Crippen molar-refractivity contribution in [3.05, 3.63) is 21.9 Å². The Bertz CT molecular complexity index is 381. The minimum atomic E-state index is 0.147. The lowest BCUT2D eigenvalue weighted by Gasteiger charge is -2.37. The lowest BCUT2D eigenvalue weighted by atomic mass is 9.83. The summed E-state index contributed by atoms with van der Waals surface area (Å²) in [6.45, 7) is 15.0. The standard InChI is InChI=1S/C17H31NOS/c1-7-13-10-11-14(20-13)12-15(18-8-2)16(19-9-3)17(4,5)6/h10-11,15-16,18H,7-9,12H2,1-6H3. The van der Waals surface area contributed by atoms with Crippen molar-refractivity contribution >= 4 is 11.3 Å². The van der Waals surface area contributed by atoms with Crippen molar-refractivity contribution in [1.82, 2.24) is 5.32 Å². The molecule has 20 heavy (non-hydrogen) atoms. The molecule has 0 radical (unpaired) electrons. The maximum Gasteiger partial charge on any atom is 0.0779 e. The van der Waals surface area contributed by atoms with E-state index in [2.05, 4.69) is 59.0 Å². The van der Waals surface area contributed by atoms with Gasteiger partial charge in [0, 0.05) is 22.4 Å². The van der Waals surface area contributed by atoms with Gasteiger partial charge in [-0.25, -0.2) is 0 Å². The van der Waals surface area contributed by atoms with Crippen molar-refractivity contribution in [3.8, 4) is 0 Å². The molecule has 1 aromatic heterocycles. The molecule has 1 heterocycles. The third-order valence-corrected chi connectivity index (χ3v) is 4.77. The highest BCUT2D eigenvalue weighted by Crippen LogP contribution is 2.28. The van der Waals surface area contributed by atoms with Crippen LogP contribution in [0.15, 0.2) is 12.1 Å². The Kier molecular flexibility index (Phi) is 7.21. The van der Waals surface area contributed by atoms with Gasteiger partial charge in [-0.15, -0.1) is 11.3 Å². The molecule has 0 aliphatic rings. The number of aryl methyl sites for hydroxylation is 1. The average Bonchev–Trinajstić information content (AvgIpc) is 2.82. The van der Waals surface area contributed by atoms with Crippen LogP contribution in [-0.4, -0.2) is 25.3 Å². The van der Waals surface area contributed by atoms with E-state index in [1.54, 1.807) is 0 Å². The fourth-order valence-corrected chi connectivity index (χ4v) is 3.65. The number of likely N-dealkylation sites (N-methyl/N-ethyl adjacent to an activating group) is 1. The van der Waals surface area contributed by atoms with E-state index in [4.69, 9.17) is 4.74 Å². The van der Waals surface area contributed by atoms with Crippen LogP contribution in [0.1, 0.15) is 51.3 Å². The SMILES string of the molecule is CCNC(Cc1ccc(CC)s1)C(OCC)C(C)(C)C. The van der Waals surface area contributed by atoms with E-state index in [9.17, 15) is 0 Å². The first-order valence-electron chi connectivity index (χ1n) is 7.84. The van der Waals surface area contributed by atoms with Crippen molar-refractivity contribution < 1.29 is 4.74 Å². The number of rotatable bonds is 8. The van der Waals surface area contributed by atoms with Gasteiger partial charge in [0.2, 0.25) is 0 Å². The van der Waals surface area contributed by atoms with Crippen molar-refractivity contribution in [2.24, 2.45) is 5.41 Å². The highest BCUT2D eigenvalue weighted by atomic mass is 32.1. The Balaban J connectivity index is 2.84. The molecule has 1 rings (SSSR count). The molecule has 0 aliphatic carbocycles. The molecule has 2 nitrogen and oxygen atoms in total. The van der Waals surface area contributed by atoms with Gasteiger partial charge in [-0.05, 0) is 43.9 Å². The molecule has 0 bridgehead atoms. The summed E-state index contributed by atoms with van der Waals surface area (Å²) < 4.78 is 6.07. The van der Waals surface area contributed by atoms with Crippen LogP contribution < -0.4 is 5.32 Å². The monoisotopic (exact) mass is 297 g/mol. The molecule has 116 valence electrons.